The van der Waals surface area contributed by atoms with Crippen molar-refractivity contribution in [2.24, 2.45) is 0 Å². The summed E-state index contributed by atoms with van der Waals surface area (Å²) in [4.78, 5) is 34.2. The number of amides is 1. The predicted octanol–water partition coefficient (Wildman–Crippen LogP) is 1.74. The van der Waals surface area contributed by atoms with E-state index in [2.05, 4.69) is 0 Å². The van der Waals surface area contributed by atoms with Gasteiger partial charge in [-0.15, -0.1) is 0 Å². The third-order valence-electron chi connectivity index (χ3n) is 3.25. The Morgan fingerprint density at radius 1 is 1.35 bits per heavy atom. The van der Waals surface area contributed by atoms with Crippen LogP contribution in [-0.4, -0.2) is 28.5 Å². The number of rotatable bonds is 5. The van der Waals surface area contributed by atoms with Crippen molar-refractivity contribution in [1.82, 2.24) is 0 Å². The number of carboxylic acids is 1. The van der Waals surface area contributed by atoms with Crippen LogP contribution in [0.5, 0.6) is 0 Å². The Morgan fingerprint density at radius 2 is 2.10 bits per heavy atom. The van der Waals surface area contributed by atoms with Gasteiger partial charge >= 0.3 is 5.97 Å². The molecule has 0 saturated heterocycles. The Morgan fingerprint density at radius 3 is 2.75 bits per heavy atom. The van der Waals surface area contributed by atoms with E-state index in [1.807, 2.05) is 0 Å². The van der Waals surface area contributed by atoms with Crippen molar-refractivity contribution < 1.29 is 19.6 Å². The molecule has 1 heterocycles. The maximum absolute atomic E-state index is 12.0. The predicted molar refractivity (Wildman–Crippen MR) is 70.6 cm³/mol. The van der Waals surface area contributed by atoms with Gasteiger partial charge in [0.15, 0.2) is 0 Å². The number of carboxylic acid groups (broad SMARTS) is 1. The van der Waals surface area contributed by atoms with E-state index in [1.54, 1.807) is 11.0 Å². The highest BCUT2D eigenvalue weighted by molar-refractivity contribution is 5.95. The molecule has 7 heteroatoms. The number of anilines is 1. The lowest BCUT2D eigenvalue weighted by molar-refractivity contribution is -0.384. The van der Waals surface area contributed by atoms with Crippen molar-refractivity contribution in [2.45, 2.75) is 25.7 Å². The maximum atomic E-state index is 12.0. The molecule has 0 spiro atoms. The van der Waals surface area contributed by atoms with Crippen molar-refractivity contribution in [3.05, 3.63) is 33.9 Å². The zero-order valence-corrected chi connectivity index (χ0v) is 10.7. The highest BCUT2D eigenvalue weighted by Crippen LogP contribution is 2.31. The molecule has 0 atom stereocenters. The van der Waals surface area contributed by atoms with Gasteiger partial charge in [0.25, 0.3) is 5.69 Å². The van der Waals surface area contributed by atoms with Gasteiger partial charge in [-0.25, -0.2) is 0 Å². The van der Waals surface area contributed by atoms with Crippen LogP contribution in [0.4, 0.5) is 11.4 Å². The van der Waals surface area contributed by atoms with Crippen LogP contribution in [0.25, 0.3) is 0 Å². The van der Waals surface area contributed by atoms with Crippen LogP contribution in [0.15, 0.2) is 18.2 Å². The molecular formula is C13H14N2O5. The van der Waals surface area contributed by atoms with Crippen molar-refractivity contribution in [3.8, 4) is 0 Å². The van der Waals surface area contributed by atoms with Gasteiger partial charge in [-0.2, -0.15) is 0 Å². The van der Waals surface area contributed by atoms with Crippen LogP contribution in [0.2, 0.25) is 0 Å². The second-order valence-electron chi connectivity index (χ2n) is 4.61. The molecule has 106 valence electrons. The van der Waals surface area contributed by atoms with Gasteiger partial charge in [0.2, 0.25) is 5.91 Å². The number of nitro benzene ring substituents is 1. The van der Waals surface area contributed by atoms with Crippen LogP contribution in [0.1, 0.15) is 24.8 Å². The number of carbonyl (C=O) groups excluding carboxylic acids is 1. The first-order valence-corrected chi connectivity index (χ1v) is 6.28. The lowest BCUT2D eigenvalue weighted by Gasteiger charge is -2.16. The first-order valence-electron chi connectivity index (χ1n) is 6.28. The maximum Gasteiger partial charge on any atom is 0.303 e. The fraction of sp³-hybridized carbons (Fsp3) is 0.385. The Labute approximate surface area is 115 Å². The summed E-state index contributed by atoms with van der Waals surface area (Å²) in [5.41, 5.74) is 1.49. The Bertz CT molecular complexity index is 570. The monoisotopic (exact) mass is 278 g/mol. The van der Waals surface area contributed by atoms with Gasteiger partial charge < -0.3 is 10.0 Å². The van der Waals surface area contributed by atoms with Crippen LogP contribution in [-0.2, 0) is 16.0 Å². The van der Waals surface area contributed by atoms with Crippen molar-refractivity contribution in [1.29, 1.82) is 0 Å². The second-order valence-corrected chi connectivity index (χ2v) is 4.61. The summed E-state index contributed by atoms with van der Waals surface area (Å²) < 4.78 is 0. The number of fused-ring (bicyclic) bond motifs is 1. The molecule has 0 radical (unpaired) electrons. The number of hydrogen-bond donors (Lipinski definition) is 1. The van der Waals surface area contributed by atoms with E-state index in [0.29, 0.717) is 25.1 Å². The van der Waals surface area contributed by atoms with Gasteiger partial charge in [-0.3, -0.25) is 19.7 Å². The summed E-state index contributed by atoms with van der Waals surface area (Å²) in [6.45, 7) is 0.488. The van der Waals surface area contributed by atoms with E-state index < -0.39 is 10.9 Å². The van der Waals surface area contributed by atoms with Crippen LogP contribution < -0.4 is 4.90 Å². The molecule has 1 amide bonds. The molecule has 7 nitrogen and oxygen atoms in total. The van der Waals surface area contributed by atoms with Crippen molar-refractivity contribution >= 4 is 23.3 Å². The topological polar surface area (TPSA) is 101 Å². The number of hydrogen-bond acceptors (Lipinski definition) is 4. The number of aliphatic carboxylic acids is 1. The minimum atomic E-state index is -0.921. The third kappa shape index (κ3) is 2.93. The number of carbonyl (C=O) groups is 2. The molecule has 1 aromatic carbocycles. The van der Waals surface area contributed by atoms with E-state index in [9.17, 15) is 19.7 Å². The van der Waals surface area contributed by atoms with Crippen molar-refractivity contribution in [3.63, 3.8) is 0 Å². The van der Waals surface area contributed by atoms with E-state index in [4.69, 9.17) is 5.11 Å². The van der Waals surface area contributed by atoms with Crippen molar-refractivity contribution in [2.75, 3.05) is 11.4 Å². The Kier molecular flexibility index (Phi) is 3.97. The minimum absolute atomic E-state index is 0.0175. The fourth-order valence-corrected chi connectivity index (χ4v) is 2.29. The molecule has 1 aliphatic heterocycles. The van der Waals surface area contributed by atoms with Crippen LogP contribution >= 0.6 is 0 Å². The van der Waals surface area contributed by atoms with Gasteiger partial charge in [-0.1, -0.05) is 0 Å². The first kappa shape index (κ1) is 14.0. The highest BCUT2D eigenvalue weighted by Gasteiger charge is 2.25. The lowest BCUT2D eigenvalue weighted by atomic mass is 10.1. The quantitative estimate of drug-likeness (QED) is 0.653. The minimum Gasteiger partial charge on any atom is -0.481 e. The van der Waals surface area contributed by atoms with Crippen LogP contribution in [0, 0.1) is 10.1 Å². The number of nitrogens with zero attached hydrogens (tertiary/aromatic N) is 2. The summed E-state index contributed by atoms with van der Waals surface area (Å²) in [6.07, 6.45) is 1.02. The van der Waals surface area contributed by atoms with E-state index in [-0.39, 0.29) is 24.4 Å². The number of nitro groups is 1. The molecule has 0 saturated carbocycles. The molecule has 1 aliphatic rings. The lowest BCUT2D eigenvalue weighted by Crippen LogP contribution is -2.28. The number of benzene rings is 1. The second kappa shape index (κ2) is 5.68. The zero-order valence-electron chi connectivity index (χ0n) is 10.7. The average molecular weight is 278 g/mol. The van der Waals surface area contributed by atoms with E-state index >= 15 is 0 Å². The van der Waals surface area contributed by atoms with E-state index in [0.717, 1.165) is 5.56 Å². The number of non-ortho nitro benzene ring substituents is 1. The molecule has 0 fully saturated rings. The average Bonchev–Trinajstić information content (AvgIpc) is 2.80. The molecule has 2 rings (SSSR count). The van der Waals surface area contributed by atoms with E-state index in [1.165, 1.54) is 12.1 Å². The standard InChI is InChI=1S/C13H14N2O5/c16-12(2-1-3-13(17)18)14-7-6-9-8-10(15(19)20)4-5-11(9)14/h4-5,8H,1-3,6-7H2,(H,17,18). The SMILES string of the molecule is O=C(O)CCCC(=O)N1CCc2cc([N+](=O)[O-])ccc21. The van der Waals surface area contributed by atoms with Gasteiger partial charge in [0, 0.05) is 37.2 Å². The third-order valence-corrected chi connectivity index (χ3v) is 3.25. The molecule has 1 N–H and O–H groups in total. The Balaban J connectivity index is 2.06. The Hall–Kier alpha value is -2.44. The van der Waals surface area contributed by atoms with Crippen LogP contribution in [0.3, 0.4) is 0 Å². The van der Waals surface area contributed by atoms with Gasteiger partial charge in [0.05, 0.1) is 4.92 Å². The first-order chi connectivity index (χ1) is 9.49. The normalized spacial score (nSPS) is 13.1. The summed E-state index contributed by atoms with van der Waals surface area (Å²) in [5.74, 6) is -1.06. The van der Waals surface area contributed by atoms with Gasteiger partial charge in [-0.05, 0) is 24.5 Å². The van der Waals surface area contributed by atoms with Gasteiger partial charge in [0.1, 0.15) is 0 Å². The molecule has 0 bridgehead atoms. The largest absolute Gasteiger partial charge is 0.481 e. The molecule has 0 aromatic heterocycles. The zero-order chi connectivity index (χ0) is 14.7. The molecule has 20 heavy (non-hydrogen) atoms. The molecule has 0 aliphatic carbocycles. The fourth-order valence-electron chi connectivity index (χ4n) is 2.29. The smallest absolute Gasteiger partial charge is 0.303 e. The summed E-state index contributed by atoms with van der Waals surface area (Å²) >= 11 is 0. The summed E-state index contributed by atoms with van der Waals surface area (Å²) in [7, 11) is 0. The molecule has 1 aromatic rings. The molecule has 0 unspecified atom stereocenters. The highest BCUT2D eigenvalue weighted by atomic mass is 16.6. The molecular weight excluding hydrogens is 264 g/mol. The summed E-state index contributed by atoms with van der Waals surface area (Å²) in [5, 5.41) is 19.2. The summed E-state index contributed by atoms with van der Waals surface area (Å²) in [6, 6.07) is 4.44.